The Labute approximate surface area is 105 Å². The summed E-state index contributed by atoms with van der Waals surface area (Å²) >= 11 is 0. The van der Waals surface area contributed by atoms with Crippen molar-refractivity contribution in [2.45, 2.75) is 12.6 Å². The third kappa shape index (κ3) is 2.09. The average molecular weight is 245 g/mol. The van der Waals surface area contributed by atoms with Crippen LogP contribution < -0.4 is 10.6 Å². The predicted octanol–water partition coefficient (Wildman–Crippen LogP) is 0.326. The van der Waals surface area contributed by atoms with E-state index in [0.29, 0.717) is 0 Å². The van der Waals surface area contributed by atoms with Crippen molar-refractivity contribution in [2.75, 3.05) is 13.1 Å². The molecule has 0 bridgehead atoms. The number of hydrogen-bond donors (Lipinski definition) is 2. The van der Waals surface area contributed by atoms with E-state index in [9.17, 15) is 9.59 Å². The fourth-order valence-electron chi connectivity index (χ4n) is 2.56. The monoisotopic (exact) mass is 245 g/mol. The molecule has 5 nitrogen and oxygen atoms in total. The Morgan fingerprint density at radius 2 is 1.89 bits per heavy atom. The van der Waals surface area contributed by atoms with Crippen LogP contribution >= 0.6 is 0 Å². The number of rotatable bonds is 3. The summed E-state index contributed by atoms with van der Waals surface area (Å²) in [5, 5.41) is 4.94. The van der Waals surface area contributed by atoms with Gasteiger partial charge in [0.2, 0.25) is 0 Å². The molecule has 1 unspecified atom stereocenters. The zero-order valence-electron chi connectivity index (χ0n) is 9.93. The Balaban J connectivity index is 1.52. The van der Waals surface area contributed by atoms with Gasteiger partial charge in [0.05, 0.1) is 0 Å². The number of likely N-dealkylation sites (tertiary alicyclic amines) is 1. The van der Waals surface area contributed by atoms with E-state index >= 15 is 0 Å². The Morgan fingerprint density at radius 3 is 2.50 bits per heavy atom. The third-order valence-electron chi connectivity index (χ3n) is 3.51. The molecule has 2 saturated heterocycles. The normalized spacial score (nSPS) is 24.6. The van der Waals surface area contributed by atoms with E-state index in [1.807, 2.05) is 18.2 Å². The minimum atomic E-state index is -0.369. The number of benzene rings is 1. The number of carbonyl (C=O) groups is 2. The molecule has 0 aromatic heterocycles. The summed E-state index contributed by atoms with van der Waals surface area (Å²) in [7, 11) is 0. The van der Waals surface area contributed by atoms with Gasteiger partial charge in [-0.2, -0.15) is 0 Å². The molecule has 18 heavy (non-hydrogen) atoms. The van der Waals surface area contributed by atoms with E-state index in [2.05, 4.69) is 27.7 Å². The molecule has 0 aliphatic carbocycles. The zero-order valence-corrected chi connectivity index (χ0v) is 9.93. The first kappa shape index (κ1) is 11.2. The van der Waals surface area contributed by atoms with Gasteiger partial charge in [0.15, 0.2) is 0 Å². The summed E-state index contributed by atoms with van der Waals surface area (Å²) in [6, 6.07) is 9.53. The summed E-state index contributed by atoms with van der Waals surface area (Å²) in [6.07, 6.45) is 0. The molecule has 2 fully saturated rings. The number of nitrogens with one attached hydrogen (secondary N) is 2. The molecule has 1 aromatic carbocycles. The van der Waals surface area contributed by atoms with Crippen LogP contribution in [0.5, 0.6) is 0 Å². The molecule has 2 aliphatic rings. The van der Waals surface area contributed by atoms with Crippen molar-refractivity contribution in [1.82, 2.24) is 15.5 Å². The number of hydrogen-bond acceptors (Lipinski definition) is 3. The SMILES string of the molecule is O=C1NC(=O)C(C2CN(Cc3ccccc3)C2)N1. The smallest absolute Gasteiger partial charge is 0.322 e. The van der Waals surface area contributed by atoms with Gasteiger partial charge in [0, 0.05) is 25.6 Å². The van der Waals surface area contributed by atoms with Crippen molar-refractivity contribution in [3.8, 4) is 0 Å². The van der Waals surface area contributed by atoms with Gasteiger partial charge in [-0.05, 0) is 5.56 Å². The van der Waals surface area contributed by atoms with Crippen LogP contribution in [-0.4, -0.2) is 36.0 Å². The van der Waals surface area contributed by atoms with Crippen LogP contribution in [0.4, 0.5) is 4.79 Å². The van der Waals surface area contributed by atoms with Crippen LogP contribution in [0.2, 0.25) is 0 Å². The Morgan fingerprint density at radius 1 is 1.17 bits per heavy atom. The summed E-state index contributed by atoms with van der Waals surface area (Å²) < 4.78 is 0. The highest BCUT2D eigenvalue weighted by Gasteiger charge is 2.41. The molecule has 0 saturated carbocycles. The fourth-order valence-corrected chi connectivity index (χ4v) is 2.56. The van der Waals surface area contributed by atoms with Gasteiger partial charge in [0.1, 0.15) is 6.04 Å². The molecule has 94 valence electrons. The number of nitrogens with zero attached hydrogens (tertiary/aromatic N) is 1. The maximum atomic E-state index is 11.5. The van der Waals surface area contributed by atoms with E-state index in [-0.39, 0.29) is 23.9 Å². The summed E-state index contributed by atoms with van der Waals surface area (Å²) in [5.74, 6) is 0.0459. The minimum Gasteiger partial charge on any atom is -0.326 e. The second kappa shape index (κ2) is 4.42. The quantitative estimate of drug-likeness (QED) is 0.754. The van der Waals surface area contributed by atoms with Crippen LogP contribution in [0.3, 0.4) is 0 Å². The van der Waals surface area contributed by atoms with Crippen molar-refractivity contribution in [3.05, 3.63) is 35.9 Å². The van der Waals surface area contributed by atoms with Crippen LogP contribution in [0.1, 0.15) is 5.56 Å². The molecule has 5 heteroatoms. The average Bonchev–Trinajstić information content (AvgIpc) is 2.64. The highest BCUT2D eigenvalue weighted by atomic mass is 16.2. The second-order valence-electron chi connectivity index (χ2n) is 4.88. The number of urea groups is 1. The van der Waals surface area contributed by atoms with Crippen molar-refractivity contribution in [1.29, 1.82) is 0 Å². The molecule has 2 heterocycles. The first-order chi connectivity index (χ1) is 8.72. The largest absolute Gasteiger partial charge is 0.326 e. The van der Waals surface area contributed by atoms with Crippen molar-refractivity contribution in [2.24, 2.45) is 5.92 Å². The van der Waals surface area contributed by atoms with E-state index in [4.69, 9.17) is 0 Å². The van der Waals surface area contributed by atoms with E-state index in [0.717, 1.165) is 19.6 Å². The predicted molar refractivity (Wildman–Crippen MR) is 65.7 cm³/mol. The molecule has 2 aliphatic heterocycles. The van der Waals surface area contributed by atoms with Crippen LogP contribution in [0.15, 0.2) is 30.3 Å². The number of carbonyl (C=O) groups excluding carboxylic acids is 2. The van der Waals surface area contributed by atoms with Crippen molar-refractivity contribution in [3.63, 3.8) is 0 Å². The summed E-state index contributed by atoms with van der Waals surface area (Å²) in [5.41, 5.74) is 1.27. The van der Waals surface area contributed by atoms with Gasteiger partial charge in [-0.15, -0.1) is 0 Å². The van der Waals surface area contributed by atoms with E-state index in [1.165, 1.54) is 5.56 Å². The zero-order chi connectivity index (χ0) is 12.5. The van der Waals surface area contributed by atoms with Crippen LogP contribution in [0, 0.1) is 5.92 Å². The maximum absolute atomic E-state index is 11.5. The van der Waals surface area contributed by atoms with E-state index in [1.54, 1.807) is 0 Å². The van der Waals surface area contributed by atoms with Crippen LogP contribution in [0.25, 0.3) is 0 Å². The van der Waals surface area contributed by atoms with Crippen molar-refractivity contribution < 1.29 is 9.59 Å². The lowest BCUT2D eigenvalue weighted by atomic mass is 9.91. The lowest BCUT2D eigenvalue weighted by Crippen LogP contribution is -2.55. The molecule has 1 aromatic rings. The van der Waals surface area contributed by atoms with Gasteiger partial charge >= 0.3 is 6.03 Å². The molecular formula is C13H15N3O2. The fraction of sp³-hybridized carbons (Fsp3) is 0.385. The highest BCUT2D eigenvalue weighted by Crippen LogP contribution is 2.23. The van der Waals surface area contributed by atoms with Gasteiger partial charge < -0.3 is 5.32 Å². The lowest BCUT2D eigenvalue weighted by molar-refractivity contribution is -0.122. The van der Waals surface area contributed by atoms with Crippen LogP contribution in [-0.2, 0) is 11.3 Å². The molecular weight excluding hydrogens is 230 g/mol. The highest BCUT2D eigenvalue weighted by molar-refractivity contribution is 6.04. The van der Waals surface area contributed by atoms with Crippen molar-refractivity contribution >= 4 is 11.9 Å². The first-order valence-corrected chi connectivity index (χ1v) is 6.10. The second-order valence-corrected chi connectivity index (χ2v) is 4.88. The molecule has 3 rings (SSSR count). The third-order valence-corrected chi connectivity index (χ3v) is 3.51. The molecule has 2 N–H and O–H groups in total. The number of imide groups is 1. The van der Waals surface area contributed by atoms with Gasteiger partial charge in [0.25, 0.3) is 5.91 Å². The number of amides is 3. The summed E-state index contributed by atoms with van der Waals surface area (Å²) in [6.45, 7) is 2.61. The lowest BCUT2D eigenvalue weighted by Gasteiger charge is -2.41. The Bertz CT molecular complexity index is 468. The minimum absolute atomic E-state index is 0.190. The van der Waals surface area contributed by atoms with Gasteiger partial charge in [-0.1, -0.05) is 30.3 Å². The molecule has 3 amide bonds. The molecule has 0 spiro atoms. The standard InChI is InChI=1S/C13H15N3O2/c17-12-11(14-13(18)15-12)10-7-16(8-10)6-9-4-2-1-3-5-9/h1-5,10-11H,6-8H2,(H2,14,15,17,18). The topological polar surface area (TPSA) is 61.4 Å². The summed E-state index contributed by atoms with van der Waals surface area (Å²) in [4.78, 5) is 24.8. The van der Waals surface area contributed by atoms with E-state index < -0.39 is 0 Å². The van der Waals surface area contributed by atoms with Gasteiger partial charge in [-0.3, -0.25) is 15.0 Å². The maximum Gasteiger partial charge on any atom is 0.322 e. The Kier molecular flexibility index (Phi) is 2.76. The van der Waals surface area contributed by atoms with Gasteiger partial charge in [-0.25, -0.2) is 4.79 Å². The molecule has 1 atom stereocenters. The molecule has 0 radical (unpaired) electrons. The Hall–Kier alpha value is -1.88. The first-order valence-electron chi connectivity index (χ1n) is 6.10.